The third-order valence-electron chi connectivity index (χ3n) is 7.32. The summed E-state index contributed by atoms with van der Waals surface area (Å²) in [5, 5.41) is 7.60. The summed E-state index contributed by atoms with van der Waals surface area (Å²) in [6.45, 7) is 5.06. The second-order valence-electron chi connectivity index (χ2n) is 10.2. The maximum Gasteiger partial charge on any atom is 0.178 e. The second-order valence-corrected chi connectivity index (χ2v) is 10.2. The van der Waals surface area contributed by atoms with E-state index in [1.54, 1.807) is 6.20 Å². The summed E-state index contributed by atoms with van der Waals surface area (Å²) >= 11 is 0. The van der Waals surface area contributed by atoms with Gasteiger partial charge in [0.2, 0.25) is 0 Å². The molecule has 5 aromatic heterocycles. The average molecular weight is 519 g/mol. The van der Waals surface area contributed by atoms with Crippen LogP contribution in [-0.4, -0.2) is 53.1 Å². The molecule has 0 atom stereocenters. The Morgan fingerprint density at radius 3 is 2.72 bits per heavy atom. The van der Waals surface area contributed by atoms with Gasteiger partial charge in [-0.1, -0.05) is 12.5 Å². The molecule has 2 N–H and O–H groups in total. The Bertz CT molecular complexity index is 1800. The number of rotatable bonds is 5. The smallest absolute Gasteiger partial charge is 0.178 e. The number of likely N-dealkylation sites (tertiary alicyclic amines) is 1. The summed E-state index contributed by atoms with van der Waals surface area (Å²) in [5.74, 6) is 0.269. The van der Waals surface area contributed by atoms with Crippen LogP contribution in [0.5, 0.6) is 0 Å². The molecule has 6 heterocycles. The Balaban J connectivity index is 1.26. The number of aromatic amines is 2. The second kappa shape index (κ2) is 9.67. The minimum Gasteiger partial charge on any atom is -0.335 e. The van der Waals surface area contributed by atoms with E-state index < -0.39 is 0 Å². The van der Waals surface area contributed by atoms with Crippen molar-refractivity contribution in [3.8, 4) is 33.9 Å². The Labute approximate surface area is 224 Å². The summed E-state index contributed by atoms with van der Waals surface area (Å²) in [4.78, 5) is 24.5. The van der Waals surface area contributed by atoms with Crippen molar-refractivity contribution in [2.24, 2.45) is 0 Å². The molecular weight excluding hydrogens is 491 g/mol. The first-order valence-electron chi connectivity index (χ1n) is 13.3. The van der Waals surface area contributed by atoms with Crippen molar-refractivity contribution in [1.82, 2.24) is 40.0 Å². The largest absolute Gasteiger partial charge is 0.335 e. The van der Waals surface area contributed by atoms with E-state index in [4.69, 9.17) is 9.97 Å². The van der Waals surface area contributed by atoms with Crippen LogP contribution in [0, 0.1) is 12.7 Å². The molecule has 0 saturated carbocycles. The van der Waals surface area contributed by atoms with Crippen LogP contribution < -0.4 is 0 Å². The van der Waals surface area contributed by atoms with Gasteiger partial charge in [0.1, 0.15) is 11.3 Å². The summed E-state index contributed by atoms with van der Waals surface area (Å²) in [7, 11) is 0. The lowest BCUT2D eigenvalue weighted by atomic mass is 10.0. The van der Waals surface area contributed by atoms with Crippen LogP contribution in [0.4, 0.5) is 4.39 Å². The van der Waals surface area contributed by atoms with Gasteiger partial charge >= 0.3 is 0 Å². The monoisotopic (exact) mass is 518 g/mol. The third-order valence-corrected chi connectivity index (χ3v) is 7.32. The summed E-state index contributed by atoms with van der Waals surface area (Å²) in [5.41, 5.74) is 8.78. The van der Waals surface area contributed by atoms with E-state index in [1.807, 2.05) is 43.6 Å². The maximum absolute atomic E-state index is 14.2. The molecule has 8 nitrogen and oxygen atoms in total. The van der Waals surface area contributed by atoms with E-state index >= 15 is 0 Å². The number of benzene rings is 1. The highest BCUT2D eigenvalue weighted by atomic mass is 19.1. The number of fused-ring (bicyclic) bond motifs is 2. The van der Waals surface area contributed by atoms with Gasteiger partial charge < -0.3 is 4.98 Å². The van der Waals surface area contributed by atoms with Gasteiger partial charge in [-0.15, -0.1) is 0 Å². The molecule has 0 spiro atoms. The molecule has 9 heteroatoms. The molecule has 0 amide bonds. The minimum atomic E-state index is -0.279. The molecule has 194 valence electrons. The van der Waals surface area contributed by atoms with Crippen molar-refractivity contribution in [3.05, 3.63) is 78.0 Å². The molecule has 1 fully saturated rings. The molecule has 7 rings (SSSR count). The van der Waals surface area contributed by atoms with Gasteiger partial charge in [-0.05, 0) is 85.9 Å². The molecule has 0 radical (unpaired) electrons. The molecule has 1 aliphatic rings. The number of hydrogen-bond donors (Lipinski definition) is 2. The van der Waals surface area contributed by atoms with Gasteiger partial charge in [0, 0.05) is 36.3 Å². The van der Waals surface area contributed by atoms with Gasteiger partial charge in [0.15, 0.2) is 17.2 Å². The van der Waals surface area contributed by atoms with Crippen LogP contribution in [0.2, 0.25) is 0 Å². The topological polar surface area (TPSA) is 99.3 Å². The standard InChI is InChI=1S/C30H27FN8/c1-18-11-20(14-22(31)12-18)23-7-8-33-29-26(23)35-30(36-29)28-27-25(37-38-28)6-5-24(34-27)21-13-19(15-32-16-21)17-39-9-3-2-4-10-39/h5-8,11-16H,2-4,9-10,17H2,1H3,(H,37,38)(H,33,35,36). The predicted octanol–water partition coefficient (Wildman–Crippen LogP) is 6.06. The zero-order valence-corrected chi connectivity index (χ0v) is 21.6. The quantitative estimate of drug-likeness (QED) is 0.288. The predicted molar refractivity (Wildman–Crippen MR) is 149 cm³/mol. The highest BCUT2D eigenvalue weighted by molar-refractivity contribution is 5.95. The first-order valence-corrected chi connectivity index (χ1v) is 13.3. The van der Waals surface area contributed by atoms with Gasteiger partial charge in [0.25, 0.3) is 0 Å². The molecular formula is C30H27FN8. The number of imidazole rings is 1. The summed E-state index contributed by atoms with van der Waals surface area (Å²) in [6, 6.07) is 13.0. The highest BCUT2D eigenvalue weighted by Gasteiger charge is 2.18. The van der Waals surface area contributed by atoms with Crippen molar-refractivity contribution < 1.29 is 4.39 Å². The highest BCUT2D eigenvalue weighted by Crippen LogP contribution is 2.32. The van der Waals surface area contributed by atoms with Gasteiger partial charge in [-0.3, -0.25) is 15.0 Å². The fourth-order valence-electron chi connectivity index (χ4n) is 5.47. The van der Waals surface area contributed by atoms with E-state index in [2.05, 4.69) is 36.1 Å². The maximum atomic E-state index is 14.2. The number of halogens is 1. The fraction of sp³-hybridized carbons (Fsp3) is 0.233. The number of aromatic nitrogens is 7. The SMILES string of the molecule is Cc1cc(F)cc(-c2ccnc3nc(-c4n[nH]c5ccc(-c6cncc(CN7CCCCC7)c6)nc45)[nH]c23)c1. The summed E-state index contributed by atoms with van der Waals surface area (Å²) < 4.78 is 14.2. The van der Waals surface area contributed by atoms with Gasteiger partial charge in [0.05, 0.1) is 16.7 Å². The lowest BCUT2D eigenvalue weighted by Crippen LogP contribution is -2.29. The molecule has 0 bridgehead atoms. The van der Waals surface area contributed by atoms with Crippen LogP contribution in [0.1, 0.15) is 30.4 Å². The molecule has 1 aromatic carbocycles. The average Bonchev–Trinajstić information content (AvgIpc) is 3.57. The lowest BCUT2D eigenvalue weighted by Gasteiger charge is -2.26. The number of nitrogens with one attached hydrogen (secondary N) is 2. The number of hydrogen-bond acceptors (Lipinski definition) is 6. The normalized spacial score (nSPS) is 14.4. The Morgan fingerprint density at radius 1 is 0.949 bits per heavy atom. The van der Waals surface area contributed by atoms with Crippen molar-refractivity contribution in [2.75, 3.05) is 13.1 Å². The number of H-pyrrole nitrogens is 2. The molecule has 0 unspecified atom stereocenters. The first kappa shape index (κ1) is 23.6. The molecule has 39 heavy (non-hydrogen) atoms. The van der Waals surface area contributed by atoms with Crippen molar-refractivity contribution in [3.63, 3.8) is 0 Å². The van der Waals surface area contributed by atoms with Gasteiger partial charge in [-0.25, -0.2) is 19.3 Å². The van der Waals surface area contributed by atoms with Crippen LogP contribution in [0.25, 0.3) is 56.1 Å². The zero-order chi connectivity index (χ0) is 26.3. The van der Waals surface area contributed by atoms with E-state index in [-0.39, 0.29) is 5.82 Å². The molecule has 1 saturated heterocycles. The third kappa shape index (κ3) is 4.55. The van der Waals surface area contributed by atoms with E-state index in [1.165, 1.54) is 37.0 Å². The number of nitrogens with zero attached hydrogens (tertiary/aromatic N) is 6. The van der Waals surface area contributed by atoms with E-state index in [0.29, 0.717) is 22.7 Å². The van der Waals surface area contributed by atoms with E-state index in [0.717, 1.165) is 58.6 Å². The lowest BCUT2D eigenvalue weighted by molar-refractivity contribution is 0.220. The zero-order valence-electron chi connectivity index (χ0n) is 21.6. The van der Waals surface area contributed by atoms with Crippen LogP contribution in [-0.2, 0) is 6.54 Å². The Kier molecular flexibility index (Phi) is 5.85. The van der Waals surface area contributed by atoms with Crippen molar-refractivity contribution in [2.45, 2.75) is 32.7 Å². The van der Waals surface area contributed by atoms with Crippen LogP contribution >= 0.6 is 0 Å². The Hall–Kier alpha value is -4.50. The van der Waals surface area contributed by atoms with Crippen LogP contribution in [0.15, 0.2) is 61.1 Å². The van der Waals surface area contributed by atoms with Crippen LogP contribution in [0.3, 0.4) is 0 Å². The molecule has 0 aliphatic carbocycles. The number of aryl methyl sites for hydroxylation is 1. The van der Waals surface area contributed by atoms with Crippen molar-refractivity contribution >= 4 is 22.2 Å². The number of pyridine rings is 3. The number of piperidine rings is 1. The molecule has 6 aromatic rings. The first-order chi connectivity index (χ1) is 19.1. The fourth-order valence-corrected chi connectivity index (χ4v) is 5.47. The van der Waals surface area contributed by atoms with Crippen molar-refractivity contribution in [1.29, 1.82) is 0 Å². The summed E-state index contributed by atoms with van der Waals surface area (Å²) in [6.07, 6.45) is 9.32. The minimum absolute atomic E-state index is 0.279. The van der Waals surface area contributed by atoms with E-state index in [9.17, 15) is 4.39 Å². The molecule has 1 aliphatic heterocycles. The van der Waals surface area contributed by atoms with Gasteiger partial charge in [-0.2, -0.15) is 5.10 Å². The Morgan fingerprint density at radius 2 is 1.85 bits per heavy atom.